The molecule has 1 aliphatic rings. The van der Waals surface area contributed by atoms with Crippen LogP contribution in [0.25, 0.3) is 20.9 Å². The first kappa shape index (κ1) is 26.5. The molecule has 1 aliphatic heterocycles. The van der Waals surface area contributed by atoms with Gasteiger partial charge in [-0.1, -0.05) is 26.8 Å². The van der Waals surface area contributed by atoms with Crippen LogP contribution in [0.5, 0.6) is 0 Å². The third kappa shape index (κ3) is 5.66. The molecule has 0 aliphatic carbocycles. The van der Waals surface area contributed by atoms with Crippen LogP contribution in [0, 0.1) is 0 Å². The number of imidazole rings is 1. The number of fused-ring (bicyclic) bond motifs is 1. The molecule has 1 saturated heterocycles. The van der Waals surface area contributed by atoms with Crippen molar-refractivity contribution < 1.29 is 9.16 Å². The van der Waals surface area contributed by atoms with Crippen molar-refractivity contribution in [1.29, 1.82) is 0 Å². The number of hydrogen-bond donors (Lipinski definition) is 2. The summed E-state index contributed by atoms with van der Waals surface area (Å²) < 4.78 is 15.4. The van der Waals surface area contributed by atoms with E-state index < -0.39 is 8.32 Å². The number of ether oxygens (including phenoxy) is 1. The summed E-state index contributed by atoms with van der Waals surface area (Å²) in [4.78, 5) is 17.0. The summed E-state index contributed by atoms with van der Waals surface area (Å²) in [6.45, 7) is 13.0. The predicted molar refractivity (Wildman–Crippen MR) is 155 cm³/mol. The SMILES string of the molecule is CC(C)(C)[Si](C)(C)O[C@H]1C[C@H](n2cnc3c(N)ncnc32)O[C@@H]1CNCCc1ccc(-c2cccs2)s1. The van der Waals surface area contributed by atoms with E-state index >= 15 is 0 Å². The van der Waals surface area contributed by atoms with E-state index in [1.165, 1.54) is 21.0 Å². The number of aromatic nitrogens is 4. The van der Waals surface area contributed by atoms with Gasteiger partial charge in [0.25, 0.3) is 0 Å². The van der Waals surface area contributed by atoms with Gasteiger partial charge in [0.15, 0.2) is 19.8 Å². The number of anilines is 1. The van der Waals surface area contributed by atoms with Crippen LogP contribution < -0.4 is 11.1 Å². The molecule has 1 fully saturated rings. The summed E-state index contributed by atoms with van der Waals surface area (Å²) in [6.07, 6.45) is 4.66. The molecule has 4 aromatic rings. The number of nitrogen functional groups attached to an aromatic ring is 1. The molecule has 5 rings (SSSR count). The standard InChI is InChI=1S/C26H36N6O2S2Si/c1-26(2,3)37(4,5)34-18-13-22(32-16-31-23-24(27)29-15-30-25(23)32)33-19(18)14-28-11-10-17-8-9-21(36-17)20-7-6-12-35-20/h6-9,12,15-16,18-19,22,28H,10-11,13-14H2,1-5H3,(H2,27,29,30)/t18-,19+,22+/m0/s1. The summed E-state index contributed by atoms with van der Waals surface area (Å²) >= 11 is 3.66. The third-order valence-electron chi connectivity index (χ3n) is 7.45. The Kier molecular flexibility index (Phi) is 7.54. The normalized spacial score (nSPS) is 20.7. The molecule has 0 saturated carbocycles. The Labute approximate surface area is 227 Å². The maximum absolute atomic E-state index is 6.89. The largest absolute Gasteiger partial charge is 0.411 e. The Morgan fingerprint density at radius 2 is 2.03 bits per heavy atom. The zero-order valence-corrected chi connectivity index (χ0v) is 24.7. The fourth-order valence-corrected chi connectivity index (χ4v) is 7.53. The molecule has 5 heterocycles. The third-order valence-corrected chi connectivity index (χ3v) is 14.2. The molecule has 198 valence electrons. The first-order valence-electron chi connectivity index (χ1n) is 12.7. The Morgan fingerprint density at radius 1 is 1.19 bits per heavy atom. The number of nitrogens with zero attached hydrogens (tertiary/aromatic N) is 4. The van der Waals surface area contributed by atoms with Crippen LogP contribution in [0.3, 0.4) is 0 Å². The van der Waals surface area contributed by atoms with Crippen molar-refractivity contribution in [3.63, 3.8) is 0 Å². The van der Waals surface area contributed by atoms with Gasteiger partial charge in [-0.05, 0) is 48.1 Å². The Hall–Kier alpha value is -2.15. The minimum Gasteiger partial charge on any atom is -0.411 e. The predicted octanol–water partition coefficient (Wildman–Crippen LogP) is 5.71. The van der Waals surface area contributed by atoms with E-state index in [4.69, 9.17) is 14.9 Å². The molecule has 4 aromatic heterocycles. The van der Waals surface area contributed by atoms with Gasteiger partial charge in [-0.15, -0.1) is 22.7 Å². The van der Waals surface area contributed by atoms with Crippen molar-refractivity contribution in [2.75, 3.05) is 18.8 Å². The van der Waals surface area contributed by atoms with Crippen LogP contribution >= 0.6 is 22.7 Å². The van der Waals surface area contributed by atoms with Crippen LogP contribution in [0.2, 0.25) is 18.1 Å². The van der Waals surface area contributed by atoms with Crippen LogP contribution in [-0.4, -0.2) is 53.1 Å². The maximum Gasteiger partial charge on any atom is 0.192 e. The molecular formula is C26H36N6O2S2Si. The van der Waals surface area contributed by atoms with E-state index in [9.17, 15) is 0 Å². The minimum absolute atomic E-state index is 0.0119. The van der Waals surface area contributed by atoms with Gasteiger partial charge in [-0.2, -0.15) is 0 Å². The Bertz CT molecular complexity index is 1330. The number of rotatable bonds is 9. The van der Waals surface area contributed by atoms with Gasteiger partial charge in [-0.25, -0.2) is 15.0 Å². The molecule has 3 N–H and O–H groups in total. The lowest BCUT2D eigenvalue weighted by Crippen LogP contribution is -2.47. The summed E-state index contributed by atoms with van der Waals surface area (Å²) in [5.74, 6) is 0.379. The summed E-state index contributed by atoms with van der Waals surface area (Å²) in [5.41, 5.74) is 7.31. The quantitative estimate of drug-likeness (QED) is 0.201. The van der Waals surface area contributed by atoms with Gasteiger partial charge in [0.05, 0.1) is 18.5 Å². The van der Waals surface area contributed by atoms with Gasteiger partial charge >= 0.3 is 0 Å². The smallest absolute Gasteiger partial charge is 0.192 e. The lowest BCUT2D eigenvalue weighted by Gasteiger charge is -2.39. The monoisotopic (exact) mass is 556 g/mol. The van der Waals surface area contributed by atoms with Gasteiger partial charge in [0.1, 0.15) is 18.1 Å². The van der Waals surface area contributed by atoms with Crippen molar-refractivity contribution >= 4 is 48.0 Å². The molecule has 3 atom stereocenters. The fraction of sp³-hybridized carbons (Fsp3) is 0.500. The number of hydrogen-bond acceptors (Lipinski definition) is 9. The van der Waals surface area contributed by atoms with Gasteiger partial charge in [0, 0.05) is 34.1 Å². The second-order valence-electron chi connectivity index (χ2n) is 11.1. The van der Waals surface area contributed by atoms with E-state index in [0.29, 0.717) is 17.0 Å². The first-order chi connectivity index (χ1) is 17.6. The van der Waals surface area contributed by atoms with Gasteiger partial charge in [0.2, 0.25) is 0 Å². The fourth-order valence-electron chi connectivity index (χ4n) is 4.33. The van der Waals surface area contributed by atoms with E-state index in [1.807, 2.05) is 15.9 Å². The van der Waals surface area contributed by atoms with Crippen LogP contribution in [-0.2, 0) is 15.6 Å². The van der Waals surface area contributed by atoms with Crippen molar-refractivity contribution in [2.45, 2.75) is 70.2 Å². The van der Waals surface area contributed by atoms with Gasteiger partial charge in [-0.3, -0.25) is 4.57 Å². The van der Waals surface area contributed by atoms with Crippen molar-refractivity contribution in [3.05, 3.63) is 47.2 Å². The molecule has 0 aromatic carbocycles. The topological polar surface area (TPSA) is 100 Å². The van der Waals surface area contributed by atoms with Crippen molar-refractivity contribution in [1.82, 2.24) is 24.8 Å². The first-order valence-corrected chi connectivity index (χ1v) is 17.3. The average molecular weight is 557 g/mol. The molecule has 0 amide bonds. The van der Waals surface area contributed by atoms with Crippen molar-refractivity contribution in [2.24, 2.45) is 0 Å². The number of nitrogens with one attached hydrogen (secondary N) is 1. The lowest BCUT2D eigenvalue weighted by atomic mass is 10.2. The van der Waals surface area contributed by atoms with Crippen molar-refractivity contribution in [3.8, 4) is 9.75 Å². The highest BCUT2D eigenvalue weighted by atomic mass is 32.1. The molecule has 11 heteroatoms. The highest BCUT2D eigenvalue weighted by Gasteiger charge is 2.45. The van der Waals surface area contributed by atoms with Crippen LogP contribution in [0.15, 0.2) is 42.3 Å². The van der Waals surface area contributed by atoms with E-state index in [0.717, 1.165) is 25.9 Å². The summed E-state index contributed by atoms with van der Waals surface area (Å²) in [7, 11) is -1.99. The zero-order valence-electron chi connectivity index (χ0n) is 22.1. The molecule has 8 nitrogen and oxygen atoms in total. The van der Waals surface area contributed by atoms with Crippen LogP contribution in [0.4, 0.5) is 5.82 Å². The second kappa shape index (κ2) is 10.5. The Balaban J connectivity index is 1.26. The summed E-state index contributed by atoms with van der Waals surface area (Å²) in [5, 5.41) is 5.88. The van der Waals surface area contributed by atoms with E-state index in [-0.39, 0.29) is 23.5 Å². The van der Waals surface area contributed by atoms with E-state index in [1.54, 1.807) is 17.7 Å². The second-order valence-corrected chi connectivity index (χ2v) is 17.9. The highest BCUT2D eigenvalue weighted by molar-refractivity contribution is 7.21. The zero-order chi connectivity index (χ0) is 26.2. The Morgan fingerprint density at radius 3 is 2.78 bits per heavy atom. The highest BCUT2D eigenvalue weighted by Crippen LogP contribution is 2.41. The minimum atomic E-state index is -1.99. The molecular weight excluding hydrogens is 521 g/mol. The molecule has 0 spiro atoms. The number of nitrogens with two attached hydrogens (primary N) is 1. The molecule has 0 unspecified atom stereocenters. The maximum atomic E-state index is 6.89. The average Bonchev–Trinajstić information content (AvgIpc) is 3.62. The van der Waals surface area contributed by atoms with E-state index in [2.05, 4.69) is 83.8 Å². The van der Waals surface area contributed by atoms with Crippen LogP contribution in [0.1, 0.15) is 38.3 Å². The lowest BCUT2D eigenvalue weighted by molar-refractivity contribution is -0.0135. The van der Waals surface area contributed by atoms with Gasteiger partial charge < -0.3 is 20.2 Å². The molecule has 37 heavy (non-hydrogen) atoms. The molecule has 0 radical (unpaired) electrons. The molecule has 0 bridgehead atoms. The summed E-state index contributed by atoms with van der Waals surface area (Å²) in [6, 6.07) is 8.75. The number of thiophene rings is 2.